The van der Waals surface area contributed by atoms with Gasteiger partial charge >= 0.3 is 6.61 Å². The summed E-state index contributed by atoms with van der Waals surface area (Å²) >= 11 is 18.3. The summed E-state index contributed by atoms with van der Waals surface area (Å²) in [7, 11) is 1.42. The molecule has 1 heterocycles. The van der Waals surface area contributed by atoms with Crippen molar-refractivity contribution >= 4 is 34.8 Å². The van der Waals surface area contributed by atoms with Crippen LogP contribution < -0.4 is 9.47 Å². The number of ether oxygens (including phenoxy) is 2. The summed E-state index contributed by atoms with van der Waals surface area (Å²) in [5.74, 6) is 0.0697. The third kappa shape index (κ3) is 3.88. The van der Waals surface area contributed by atoms with E-state index in [0.717, 1.165) is 4.68 Å². The van der Waals surface area contributed by atoms with Crippen LogP contribution in [0.4, 0.5) is 8.78 Å². The zero-order chi connectivity index (χ0) is 17.1. The van der Waals surface area contributed by atoms with Crippen molar-refractivity contribution in [3.05, 3.63) is 39.9 Å². The van der Waals surface area contributed by atoms with E-state index in [4.69, 9.17) is 39.5 Å². The van der Waals surface area contributed by atoms with Gasteiger partial charge in [-0.1, -0.05) is 47.5 Å². The van der Waals surface area contributed by atoms with Crippen molar-refractivity contribution in [3.63, 3.8) is 0 Å². The fraction of sp³-hybridized carbons (Fsp3) is 0.214. The summed E-state index contributed by atoms with van der Waals surface area (Å²) in [6.07, 6.45) is 1.55. The first-order valence-corrected chi connectivity index (χ1v) is 7.39. The highest BCUT2D eigenvalue weighted by molar-refractivity contribution is 6.39. The summed E-state index contributed by atoms with van der Waals surface area (Å²) in [5.41, 5.74) is 0.551. The Morgan fingerprint density at radius 3 is 2.61 bits per heavy atom. The van der Waals surface area contributed by atoms with E-state index in [1.54, 1.807) is 6.08 Å². The first-order valence-electron chi connectivity index (χ1n) is 6.25. The minimum atomic E-state index is -3.03. The molecule has 0 amide bonds. The number of hydrogen-bond donors (Lipinski definition) is 0. The van der Waals surface area contributed by atoms with Crippen LogP contribution in [0.1, 0.15) is 0 Å². The fourth-order valence-corrected chi connectivity index (χ4v) is 2.67. The van der Waals surface area contributed by atoms with Gasteiger partial charge in [0.15, 0.2) is 0 Å². The Kier molecular flexibility index (Phi) is 5.73. The molecule has 0 unspecified atom stereocenters. The van der Waals surface area contributed by atoms with Crippen molar-refractivity contribution < 1.29 is 18.3 Å². The third-order valence-electron chi connectivity index (χ3n) is 2.77. The number of rotatable bonds is 6. The van der Waals surface area contributed by atoms with Crippen molar-refractivity contribution in [3.8, 4) is 22.9 Å². The maximum Gasteiger partial charge on any atom is 0.388 e. The Morgan fingerprint density at radius 2 is 2.00 bits per heavy atom. The molecule has 0 aliphatic heterocycles. The molecule has 0 saturated carbocycles. The van der Waals surface area contributed by atoms with Crippen LogP contribution in [0.3, 0.4) is 0 Å². The number of nitrogens with zero attached hydrogens (tertiary/aromatic N) is 2. The molecule has 1 aromatic carbocycles. The van der Waals surface area contributed by atoms with Crippen molar-refractivity contribution in [1.29, 1.82) is 0 Å². The van der Waals surface area contributed by atoms with Gasteiger partial charge in [-0.15, -0.1) is 0 Å². The van der Waals surface area contributed by atoms with E-state index in [2.05, 4.69) is 16.4 Å². The standard InChI is InChI=1S/C14H11Cl3F2N2O2/c1-3-4-22-10-5-7(8(15)6-9(10)16)12-11(17)13(21(2)20-12)23-14(18)19/h3,5-6,14H,1,4H2,2H3. The van der Waals surface area contributed by atoms with Crippen LogP contribution in [0, 0.1) is 0 Å². The molecule has 4 nitrogen and oxygen atoms in total. The quantitative estimate of drug-likeness (QED) is 0.642. The molecule has 0 aliphatic rings. The molecular formula is C14H11Cl3F2N2O2. The molecule has 23 heavy (non-hydrogen) atoms. The normalized spacial score (nSPS) is 10.9. The Morgan fingerprint density at radius 1 is 1.30 bits per heavy atom. The number of benzene rings is 1. The van der Waals surface area contributed by atoms with Gasteiger partial charge in [0, 0.05) is 12.6 Å². The summed E-state index contributed by atoms with van der Waals surface area (Å²) in [6.45, 7) is 0.749. The first-order chi connectivity index (χ1) is 10.8. The number of halogens is 5. The first kappa shape index (κ1) is 17.8. The number of alkyl halides is 2. The second-order valence-electron chi connectivity index (χ2n) is 4.33. The van der Waals surface area contributed by atoms with Gasteiger partial charge in [-0.05, 0) is 12.1 Å². The Bertz CT molecular complexity index is 735. The second-order valence-corrected chi connectivity index (χ2v) is 5.52. The van der Waals surface area contributed by atoms with Gasteiger partial charge in [0.25, 0.3) is 0 Å². The number of aryl methyl sites for hydroxylation is 1. The Hall–Kier alpha value is -1.50. The average Bonchev–Trinajstić information content (AvgIpc) is 2.74. The van der Waals surface area contributed by atoms with Crippen molar-refractivity contribution in [2.75, 3.05) is 6.61 Å². The van der Waals surface area contributed by atoms with Gasteiger partial charge in [-0.3, -0.25) is 0 Å². The van der Waals surface area contributed by atoms with Crippen molar-refractivity contribution in [2.45, 2.75) is 6.61 Å². The van der Waals surface area contributed by atoms with Crippen LogP contribution >= 0.6 is 34.8 Å². The fourth-order valence-electron chi connectivity index (χ4n) is 1.84. The second kappa shape index (κ2) is 7.38. The maximum absolute atomic E-state index is 12.4. The van der Waals surface area contributed by atoms with Crippen LogP contribution in [0.2, 0.25) is 15.1 Å². The zero-order valence-corrected chi connectivity index (χ0v) is 14.1. The highest BCUT2D eigenvalue weighted by Gasteiger charge is 2.22. The zero-order valence-electron chi connectivity index (χ0n) is 11.8. The largest absolute Gasteiger partial charge is 0.488 e. The van der Waals surface area contributed by atoms with Crippen molar-refractivity contribution in [2.24, 2.45) is 7.05 Å². The minimum Gasteiger partial charge on any atom is -0.488 e. The molecule has 0 bridgehead atoms. The van der Waals surface area contributed by atoms with Gasteiger partial charge in [0.2, 0.25) is 5.88 Å². The highest BCUT2D eigenvalue weighted by atomic mass is 35.5. The van der Waals surface area contributed by atoms with E-state index < -0.39 is 6.61 Å². The summed E-state index contributed by atoms with van der Waals surface area (Å²) in [6, 6.07) is 2.98. The molecule has 1 aromatic heterocycles. The van der Waals surface area contributed by atoms with Crippen LogP contribution in [0.25, 0.3) is 11.3 Å². The summed E-state index contributed by atoms with van der Waals surface area (Å²) in [4.78, 5) is 0. The molecule has 2 rings (SSSR count). The van der Waals surface area contributed by atoms with Crippen LogP contribution in [0.5, 0.6) is 11.6 Å². The van der Waals surface area contributed by atoms with E-state index in [0.29, 0.717) is 11.3 Å². The lowest BCUT2D eigenvalue weighted by Crippen LogP contribution is -2.06. The van der Waals surface area contributed by atoms with Crippen LogP contribution in [-0.2, 0) is 7.05 Å². The van der Waals surface area contributed by atoms with E-state index in [-0.39, 0.29) is 33.2 Å². The average molecular weight is 384 g/mol. The molecule has 0 N–H and O–H groups in total. The topological polar surface area (TPSA) is 36.3 Å². The lowest BCUT2D eigenvalue weighted by atomic mass is 10.1. The van der Waals surface area contributed by atoms with Gasteiger partial charge < -0.3 is 9.47 Å². The third-order valence-corrected chi connectivity index (χ3v) is 3.72. The molecule has 0 aliphatic carbocycles. The van der Waals surface area contributed by atoms with Gasteiger partial charge in [-0.25, -0.2) is 4.68 Å². The predicted octanol–water partition coefficient (Wildman–Crippen LogP) is 5.21. The molecule has 0 atom stereocenters. The minimum absolute atomic E-state index is 0.0910. The van der Waals surface area contributed by atoms with Gasteiger partial charge in [0.1, 0.15) is 23.1 Å². The van der Waals surface area contributed by atoms with Crippen LogP contribution in [-0.4, -0.2) is 23.0 Å². The van der Waals surface area contributed by atoms with Gasteiger partial charge in [0.05, 0.1) is 10.0 Å². The maximum atomic E-state index is 12.4. The lowest BCUT2D eigenvalue weighted by molar-refractivity contribution is -0.0552. The van der Waals surface area contributed by atoms with E-state index in [1.807, 2.05) is 0 Å². The van der Waals surface area contributed by atoms with E-state index in [1.165, 1.54) is 19.2 Å². The Labute approximate surface area is 146 Å². The molecule has 0 fully saturated rings. The molecule has 0 saturated heterocycles. The monoisotopic (exact) mass is 382 g/mol. The number of hydrogen-bond acceptors (Lipinski definition) is 3. The predicted molar refractivity (Wildman–Crippen MR) is 86.0 cm³/mol. The highest BCUT2D eigenvalue weighted by Crippen LogP contribution is 2.42. The molecule has 124 valence electrons. The number of aromatic nitrogens is 2. The molecule has 0 spiro atoms. The summed E-state index contributed by atoms with van der Waals surface area (Å²) < 4.78 is 35.7. The molecule has 0 radical (unpaired) electrons. The van der Waals surface area contributed by atoms with E-state index in [9.17, 15) is 8.78 Å². The van der Waals surface area contributed by atoms with E-state index >= 15 is 0 Å². The van der Waals surface area contributed by atoms with Crippen molar-refractivity contribution in [1.82, 2.24) is 9.78 Å². The Balaban J connectivity index is 2.51. The molecule has 2 aromatic rings. The molecule has 9 heteroatoms. The molecular weight excluding hydrogens is 373 g/mol. The lowest BCUT2D eigenvalue weighted by Gasteiger charge is -2.09. The SMILES string of the molecule is C=CCOc1cc(-c2nn(C)c(OC(F)F)c2Cl)c(Cl)cc1Cl. The summed E-state index contributed by atoms with van der Waals surface area (Å²) in [5, 5.41) is 4.51. The smallest absolute Gasteiger partial charge is 0.388 e. The van der Waals surface area contributed by atoms with Crippen LogP contribution in [0.15, 0.2) is 24.8 Å². The van der Waals surface area contributed by atoms with Gasteiger partial charge in [-0.2, -0.15) is 13.9 Å².